The van der Waals surface area contributed by atoms with Crippen molar-refractivity contribution in [3.63, 3.8) is 0 Å². The first-order valence-electron chi connectivity index (χ1n) is 11.0. The molecule has 0 radical (unpaired) electrons. The number of likely N-dealkylation sites (tertiary alicyclic amines) is 1. The molecule has 1 aliphatic rings. The van der Waals surface area contributed by atoms with Crippen LogP contribution in [0.3, 0.4) is 0 Å². The third-order valence-corrected chi connectivity index (χ3v) is 5.36. The summed E-state index contributed by atoms with van der Waals surface area (Å²) in [6.07, 6.45) is 1.10. The first-order valence-corrected chi connectivity index (χ1v) is 11.0. The molecule has 8 nitrogen and oxygen atoms in total. The summed E-state index contributed by atoms with van der Waals surface area (Å²) in [6, 6.07) is 13.2. The lowest BCUT2D eigenvalue weighted by Crippen LogP contribution is -2.44. The number of nitrogens with zero attached hydrogens (tertiary/aromatic N) is 1. The van der Waals surface area contributed by atoms with Crippen LogP contribution in [0.4, 0.5) is 5.69 Å². The van der Waals surface area contributed by atoms with Gasteiger partial charge in [0.2, 0.25) is 0 Å². The van der Waals surface area contributed by atoms with E-state index in [0.717, 1.165) is 6.42 Å². The van der Waals surface area contributed by atoms with Gasteiger partial charge >= 0.3 is 5.97 Å². The summed E-state index contributed by atoms with van der Waals surface area (Å²) in [5, 5.41) is 2.72. The fourth-order valence-electron chi connectivity index (χ4n) is 3.90. The summed E-state index contributed by atoms with van der Waals surface area (Å²) >= 11 is 0. The number of amides is 2. The molecule has 0 spiro atoms. The minimum absolute atomic E-state index is 0.177. The van der Waals surface area contributed by atoms with E-state index in [4.69, 9.17) is 14.2 Å². The SMILES string of the molecule is COc1cccc(NC(=O)COc2ccc(C(=O)OCC(=O)N3CC(C)CC(C)C3)cc2)c1. The molecular formula is C25H30N2O6. The molecule has 2 unspecified atom stereocenters. The van der Waals surface area contributed by atoms with Crippen LogP contribution in [0.5, 0.6) is 11.5 Å². The minimum atomic E-state index is -0.580. The molecule has 8 heteroatoms. The summed E-state index contributed by atoms with van der Waals surface area (Å²) in [6.45, 7) is 5.15. The van der Waals surface area contributed by atoms with Gasteiger partial charge in [0.25, 0.3) is 11.8 Å². The third kappa shape index (κ3) is 7.24. The third-order valence-electron chi connectivity index (χ3n) is 5.36. The number of rotatable bonds is 8. The van der Waals surface area contributed by atoms with Gasteiger partial charge in [0.15, 0.2) is 13.2 Å². The van der Waals surface area contributed by atoms with E-state index in [-0.39, 0.29) is 25.0 Å². The lowest BCUT2D eigenvalue weighted by atomic mass is 9.92. The molecule has 1 heterocycles. The number of anilines is 1. The zero-order valence-electron chi connectivity index (χ0n) is 19.2. The largest absolute Gasteiger partial charge is 0.497 e. The molecule has 2 amide bonds. The number of piperidine rings is 1. The van der Waals surface area contributed by atoms with Crippen molar-refractivity contribution in [2.24, 2.45) is 11.8 Å². The topological polar surface area (TPSA) is 94.2 Å². The van der Waals surface area contributed by atoms with Crippen LogP contribution in [0.2, 0.25) is 0 Å². The number of hydrogen-bond donors (Lipinski definition) is 1. The Balaban J connectivity index is 1.43. The van der Waals surface area contributed by atoms with Crippen molar-refractivity contribution in [3.05, 3.63) is 54.1 Å². The maximum Gasteiger partial charge on any atom is 0.338 e. The van der Waals surface area contributed by atoms with Gasteiger partial charge in [0.1, 0.15) is 11.5 Å². The summed E-state index contributed by atoms with van der Waals surface area (Å²) in [4.78, 5) is 38.5. The van der Waals surface area contributed by atoms with E-state index in [1.807, 2.05) is 0 Å². The molecule has 0 bridgehead atoms. The molecule has 0 aliphatic carbocycles. The number of hydrogen-bond acceptors (Lipinski definition) is 6. The van der Waals surface area contributed by atoms with Gasteiger partial charge in [-0.25, -0.2) is 4.79 Å². The molecule has 2 atom stereocenters. The molecule has 176 valence electrons. The maximum atomic E-state index is 12.4. The molecule has 33 heavy (non-hydrogen) atoms. The van der Waals surface area contributed by atoms with Gasteiger partial charge in [-0.05, 0) is 54.7 Å². The van der Waals surface area contributed by atoms with Crippen molar-refractivity contribution < 1.29 is 28.6 Å². The number of esters is 1. The predicted octanol–water partition coefficient (Wildman–Crippen LogP) is 3.37. The first kappa shape index (κ1) is 24.1. The standard InChI is InChI=1S/C25H30N2O6/c1-17-11-18(2)14-27(13-17)24(29)16-33-25(30)19-7-9-21(10-8-19)32-15-23(28)26-20-5-4-6-22(12-20)31-3/h4-10,12,17-18H,11,13-16H2,1-3H3,(H,26,28). The molecule has 2 aromatic carbocycles. The Hall–Kier alpha value is -3.55. The summed E-state index contributed by atoms with van der Waals surface area (Å²) in [7, 11) is 1.55. The summed E-state index contributed by atoms with van der Waals surface area (Å²) in [5.74, 6) is 0.869. The Bertz CT molecular complexity index is 965. The molecular weight excluding hydrogens is 424 g/mol. The number of ether oxygens (including phenoxy) is 3. The van der Waals surface area contributed by atoms with Gasteiger partial charge in [0, 0.05) is 24.8 Å². The lowest BCUT2D eigenvalue weighted by molar-refractivity contribution is -0.137. The van der Waals surface area contributed by atoms with Gasteiger partial charge in [0.05, 0.1) is 12.7 Å². The van der Waals surface area contributed by atoms with E-state index in [9.17, 15) is 14.4 Å². The van der Waals surface area contributed by atoms with Crippen LogP contribution in [0.15, 0.2) is 48.5 Å². The van der Waals surface area contributed by atoms with Crippen LogP contribution in [0, 0.1) is 11.8 Å². The average molecular weight is 455 g/mol. The highest BCUT2D eigenvalue weighted by Crippen LogP contribution is 2.21. The van der Waals surface area contributed by atoms with Gasteiger partial charge in [-0.3, -0.25) is 9.59 Å². The fraction of sp³-hybridized carbons (Fsp3) is 0.400. The lowest BCUT2D eigenvalue weighted by Gasteiger charge is -2.34. The monoisotopic (exact) mass is 454 g/mol. The Kier molecular flexibility index (Phi) is 8.29. The van der Waals surface area contributed by atoms with E-state index < -0.39 is 5.97 Å². The van der Waals surface area contributed by atoms with Gasteiger partial charge in [-0.1, -0.05) is 19.9 Å². The van der Waals surface area contributed by atoms with E-state index >= 15 is 0 Å². The number of benzene rings is 2. The number of methoxy groups -OCH3 is 1. The number of nitrogens with one attached hydrogen (secondary N) is 1. The zero-order chi connectivity index (χ0) is 23.8. The molecule has 3 rings (SSSR count). The van der Waals surface area contributed by atoms with E-state index in [2.05, 4.69) is 19.2 Å². The van der Waals surface area contributed by atoms with Crippen LogP contribution in [-0.2, 0) is 14.3 Å². The molecule has 2 aromatic rings. The Labute approximate surface area is 193 Å². The minimum Gasteiger partial charge on any atom is -0.497 e. The zero-order valence-corrected chi connectivity index (χ0v) is 19.2. The normalized spacial score (nSPS) is 17.7. The van der Waals surface area contributed by atoms with Crippen molar-refractivity contribution >= 4 is 23.5 Å². The first-order chi connectivity index (χ1) is 15.8. The maximum absolute atomic E-state index is 12.4. The smallest absolute Gasteiger partial charge is 0.338 e. The van der Waals surface area contributed by atoms with Crippen LogP contribution in [0.1, 0.15) is 30.6 Å². The van der Waals surface area contributed by atoms with Crippen molar-refractivity contribution in [2.45, 2.75) is 20.3 Å². The molecule has 0 aromatic heterocycles. The fourth-order valence-corrected chi connectivity index (χ4v) is 3.90. The second-order valence-corrected chi connectivity index (χ2v) is 8.41. The number of carbonyl (C=O) groups excluding carboxylic acids is 3. The van der Waals surface area contributed by atoms with Crippen molar-refractivity contribution in [2.75, 3.05) is 38.7 Å². The summed E-state index contributed by atoms with van der Waals surface area (Å²) in [5.41, 5.74) is 0.903. The highest BCUT2D eigenvalue weighted by molar-refractivity contribution is 5.92. The molecule has 1 saturated heterocycles. The van der Waals surface area contributed by atoms with Gasteiger partial charge in [-0.2, -0.15) is 0 Å². The second kappa shape index (κ2) is 11.4. The van der Waals surface area contributed by atoms with Crippen LogP contribution in [-0.4, -0.2) is 56.1 Å². The Morgan fingerprint density at radius 1 is 0.970 bits per heavy atom. The van der Waals surface area contributed by atoms with Crippen LogP contribution >= 0.6 is 0 Å². The Morgan fingerprint density at radius 3 is 2.33 bits per heavy atom. The van der Waals surface area contributed by atoms with Crippen LogP contribution in [0.25, 0.3) is 0 Å². The van der Waals surface area contributed by atoms with Crippen molar-refractivity contribution in [1.82, 2.24) is 4.90 Å². The molecule has 1 N–H and O–H groups in total. The Morgan fingerprint density at radius 2 is 1.67 bits per heavy atom. The van der Waals surface area contributed by atoms with Gasteiger partial charge in [-0.15, -0.1) is 0 Å². The van der Waals surface area contributed by atoms with Gasteiger partial charge < -0.3 is 24.4 Å². The predicted molar refractivity (Wildman–Crippen MR) is 123 cm³/mol. The molecule has 1 aliphatic heterocycles. The molecule has 1 fully saturated rings. The van der Waals surface area contributed by atoms with Crippen molar-refractivity contribution in [3.8, 4) is 11.5 Å². The highest BCUT2D eigenvalue weighted by Gasteiger charge is 2.26. The van der Waals surface area contributed by atoms with Crippen molar-refractivity contribution in [1.29, 1.82) is 0 Å². The van der Waals surface area contributed by atoms with Crippen LogP contribution < -0.4 is 14.8 Å². The average Bonchev–Trinajstić information content (AvgIpc) is 2.80. The van der Waals surface area contributed by atoms with E-state index in [1.165, 1.54) is 12.1 Å². The number of carbonyl (C=O) groups is 3. The highest BCUT2D eigenvalue weighted by atomic mass is 16.5. The molecule has 0 saturated carbocycles. The quantitative estimate of drug-likeness (QED) is 0.615. The second-order valence-electron chi connectivity index (χ2n) is 8.41. The van der Waals surface area contributed by atoms with E-state index in [0.29, 0.717) is 47.7 Å². The summed E-state index contributed by atoms with van der Waals surface area (Å²) < 4.78 is 15.8. The van der Waals surface area contributed by atoms with E-state index in [1.54, 1.807) is 48.4 Å².